The molecule has 2 aliphatic heterocycles. The van der Waals surface area contributed by atoms with Crippen LogP contribution in [0.25, 0.3) is 0 Å². The summed E-state index contributed by atoms with van der Waals surface area (Å²) >= 11 is 0. The fourth-order valence-electron chi connectivity index (χ4n) is 3.71. The molecule has 146 valence electrons. The van der Waals surface area contributed by atoms with Gasteiger partial charge in [-0.3, -0.25) is 14.6 Å². The van der Waals surface area contributed by atoms with Gasteiger partial charge in [0, 0.05) is 57.0 Å². The summed E-state index contributed by atoms with van der Waals surface area (Å²) in [6.45, 7) is 1.51. The molecule has 2 aliphatic rings. The molecule has 0 spiro atoms. The Labute approximate surface area is 162 Å². The maximum absolute atomic E-state index is 13.1. The summed E-state index contributed by atoms with van der Waals surface area (Å²) in [6.07, 6.45) is 6.36. The molecule has 0 N–H and O–H groups in total. The van der Waals surface area contributed by atoms with Crippen LogP contribution in [0.5, 0.6) is 5.88 Å². The number of piperidine rings is 1. The Morgan fingerprint density at radius 1 is 1.14 bits per heavy atom. The Morgan fingerprint density at radius 2 is 1.89 bits per heavy atom. The maximum atomic E-state index is 13.1. The van der Waals surface area contributed by atoms with E-state index in [2.05, 4.69) is 9.97 Å². The van der Waals surface area contributed by atoms with E-state index in [9.17, 15) is 14.0 Å². The molecule has 1 atom stereocenters. The Kier molecular flexibility index (Phi) is 5.18. The monoisotopic (exact) mass is 384 g/mol. The highest BCUT2D eigenvalue weighted by atomic mass is 19.1. The molecular weight excluding hydrogens is 363 g/mol. The summed E-state index contributed by atoms with van der Waals surface area (Å²) < 4.78 is 18.9. The molecule has 0 saturated carbocycles. The largest absolute Gasteiger partial charge is 0.473 e. The van der Waals surface area contributed by atoms with E-state index in [1.54, 1.807) is 35.6 Å². The lowest BCUT2D eigenvalue weighted by atomic mass is 10.0. The van der Waals surface area contributed by atoms with Crippen LogP contribution in [0.4, 0.5) is 10.1 Å². The zero-order chi connectivity index (χ0) is 19.5. The molecule has 2 amide bonds. The van der Waals surface area contributed by atoms with Crippen molar-refractivity contribution in [2.75, 3.05) is 24.5 Å². The number of amides is 2. The number of anilines is 1. The number of aromatic nitrogens is 2. The number of likely N-dealkylation sites (tertiary alicyclic amines) is 1. The summed E-state index contributed by atoms with van der Waals surface area (Å²) in [4.78, 5) is 36.7. The Balaban J connectivity index is 1.32. The fourth-order valence-corrected chi connectivity index (χ4v) is 3.71. The number of carbonyl (C=O) groups excluding carboxylic acids is 2. The average molecular weight is 384 g/mol. The quantitative estimate of drug-likeness (QED) is 0.806. The highest BCUT2D eigenvalue weighted by Gasteiger charge is 2.38. The molecule has 8 heteroatoms. The summed E-state index contributed by atoms with van der Waals surface area (Å²) in [5, 5.41) is 0. The van der Waals surface area contributed by atoms with Gasteiger partial charge in [0.25, 0.3) is 0 Å². The molecule has 0 bridgehead atoms. The van der Waals surface area contributed by atoms with Crippen LogP contribution < -0.4 is 9.64 Å². The van der Waals surface area contributed by atoms with Crippen LogP contribution in [0.1, 0.15) is 19.3 Å². The normalized spacial score (nSPS) is 20.5. The van der Waals surface area contributed by atoms with Crippen LogP contribution in [0.2, 0.25) is 0 Å². The van der Waals surface area contributed by atoms with Crippen LogP contribution in [0.3, 0.4) is 0 Å². The maximum Gasteiger partial charge on any atom is 0.232 e. The third-order valence-electron chi connectivity index (χ3n) is 5.19. The molecule has 7 nitrogen and oxygen atoms in total. The molecule has 0 aliphatic carbocycles. The van der Waals surface area contributed by atoms with Gasteiger partial charge >= 0.3 is 0 Å². The van der Waals surface area contributed by atoms with Crippen molar-refractivity contribution < 1.29 is 18.7 Å². The Hall–Kier alpha value is -3.03. The third-order valence-corrected chi connectivity index (χ3v) is 5.19. The Bertz CT molecular complexity index is 838. The lowest BCUT2D eigenvalue weighted by molar-refractivity contribution is -0.137. The van der Waals surface area contributed by atoms with E-state index in [-0.39, 0.29) is 36.1 Å². The number of benzene rings is 1. The second-order valence-corrected chi connectivity index (χ2v) is 7.07. The molecule has 1 aromatic heterocycles. The van der Waals surface area contributed by atoms with Gasteiger partial charge in [0.15, 0.2) is 0 Å². The van der Waals surface area contributed by atoms with Gasteiger partial charge in [-0.05, 0) is 24.3 Å². The van der Waals surface area contributed by atoms with Crippen LogP contribution in [-0.2, 0) is 9.59 Å². The summed E-state index contributed by atoms with van der Waals surface area (Å²) in [5.74, 6) is -0.338. The van der Waals surface area contributed by atoms with Gasteiger partial charge in [0.1, 0.15) is 11.9 Å². The van der Waals surface area contributed by atoms with Gasteiger partial charge in [-0.25, -0.2) is 9.37 Å². The number of hydrogen-bond acceptors (Lipinski definition) is 5. The molecule has 0 unspecified atom stereocenters. The summed E-state index contributed by atoms with van der Waals surface area (Å²) in [5.41, 5.74) is 0.623. The van der Waals surface area contributed by atoms with Gasteiger partial charge in [0.2, 0.25) is 17.7 Å². The zero-order valence-electron chi connectivity index (χ0n) is 15.3. The minimum atomic E-state index is -0.366. The van der Waals surface area contributed by atoms with Gasteiger partial charge in [-0.2, -0.15) is 0 Å². The van der Waals surface area contributed by atoms with Crippen molar-refractivity contribution in [1.29, 1.82) is 0 Å². The smallest absolute Gasteiger partial charge is 0.232 e. The minimum absolute atomic E-state index is 0.00155. The van der Waals surface area contributed by atoms with Crippen molar-refractivity contribution in [3.8, 4) is 5.88 Å². The molecule has 2 fully saturated rings. The Morgan fingerprint density at radius 3 is 2.57 bits per heavy atom. The highest BCUT2D eigenvalue weighted by Crippen LogP contribution is 2.27. The number of ether oxygens (including phenoxy) is 1. The standard InChI is InChI=1S/C20H21FN4O3/c21-15-1-3-16(4-2-15)25-13-14(11-19(25)26)20(27)24-9-5-17(6-10-24)28-18-12-22-7-8-23-18/h1-4,7-8,12,14,17H,5-6,9-11,13H2/t14-/m0/s1. The van der Waals surface area contributed by atoms with Crippen molar-refractivity contribution in [3.63, 3.8) is 0 Å². The average Bonchev–Trinajstić information content (AvgIpc) is 3.11. The predicted octanol–water partition coefficient (Wildman–Crippen LogP) is 2.04. The van der Waals surface area contributed by atoms with E-state index < -0.39 is 0 Å². The van der Waals surface area contributed by atoms with Crippen molar-refractivity contribution >= 4 is 17.5 Å². The molecule has 28 heavy (non-hydrogen) atoms. The summed E-state index contributed by atoms with van der Waals surface area (Å²) in [6, 6.07) is 5.77. The van der Waals surface area contributed by atoms with Crippen molar-refractivity contribution in [2.45, 2.75) is 25.4 Å². The van der Waals surface area contributed by atoms with E-state index >= 15 is 0 Å². The minimum Gasteiger partial charge on any atom is -0.473 e. The zero-order valence-corrected chi connectivity index (χ0v) is 15.3. The highest BCUT2D eigenvalue weighted by molar-refractivity contribution is 6.00. The molecule has 4 rings (SSSR count). The molecular formula is C20H21FN4O3. The van der Waals surface area contributed by atoms with Crippen LogP contribution >= 0.6 is 0 Å². The first-order valence-electron chi connectivity index (χ1n) is 9.37. The lowest BCUT2D eigenvalue weighted by Gasteiger charge is -2.33. The number of nitrogens with zero attached hydrogens (tertiary/aromatic N) is 4. The third kappa shape index (κ3) is 3.95. The molecule has 2 saturated heterocycles. The molecule has 0 radical (unpaired) electrons. The first-order valence-corrected chi connectivity index (χ1v) is 9.37. The van der Waals surface area contributed by atoms with E-state index in [1.165, 1.54) is 12.1 Å². The van der Waals surface area contributed by atoms with Crippen LogP contribution in [-0.4, -0.2) is 52.4 Å². The first-order chi connectivity index (χ1) is 13.6. The van der Waals surface area contributed by atoms with Crippen molar-refractivity contribution in [3.05, 3.63) is 48.7 Å². The second-order valence-electron chi connectivity index (χ2n) is 7.07. The number of carbonyl (C=O) groups is 2. The first kappa shape index (κ1) is 18.3. The van der Waals surface area contributed by atoms with Gasteiger partial charge in [-0.1, -0.05) is 0 Å². The van der Waals surface area contributed by atoms with Crippen LogP contribution in [0, 0.1) is 11.7 Å². The SMILES string of the molecule is O=C([C@H]1CC(=O)N(c2ccc(F)cc2)C1)N1CCC(Oc2cnccn2)CC1. The van der Waals surface area contributed by atoms with Gasteiger partial charge in [0.05, 0.1) is 12.1 Å². The van der Waals surface area contributed by atoms with E-state index in [0.29, 0.717) is 44.0 Å². The summed E-state index contributed by atoms with van der Waals surface area (Å²) in [7, 11) is 0. The molecule has 1 aromatic carbocycles. The topological polar surface area (TPSA) is 75.6 Å². The molecule has 3 heterocycles. The number of hydrogen-bond donors (Lipinski definition) is 0. The van der Waals surface area contributed by atoms with Crippen molar-refractivity contribution in [2.24, 2.45) is 5.92 Å². The van der Waals surface area contributed by atoms with E-state index in [4.69, 9.17) is 4.74 Å². The van der Waals surface area contributed by atoms with E-state index in [1.807, 2.05) is 4.90 Å². The predicted molar refractivity (Wildman–Crippen MR) is 99.1 cm³/mol. The number of rotatable bonds is 4. The number of halogens is 1. The molecule has 2 aromatic rings. The second kappa shape index (κ2) is 7.92. The fraction of sp³-hybridized carbons (Fsp3) is 0.400. The van der Waals surface area contributed by atoms with Crippen molar-refractivity contribution in [1.82, 2.24) is 14.9 Å². The lowest BCUT2D eigenvalue weighted by Crippen LogP contribution is -2.45. The van der Waals surface area contributed by atoms with E-state index in [0.717, 1.165) is 0 Å². The van der Waals surface area contributed by atoms with Gasteiger partial charge in [-0.15, -0.1) is 0 Å². The van der Waals surface area contributed by atoms with Crippen LogP contribution in [0.15, 0.2) is 42.9 Å². The van der Waals surface area contributed by atoms with Gasteiger partial charge < -0.3 is 14.5 Å².